The summed E-state index contributed by atoms with van der Waals surface area (Å²) in [5, 5.41) is 0. The van der Waals surface area contributed by atoms with Crippen LogP contribution in [0.1, 0.15) is 26.2 Å². The lowest BCUT2D eigenvalue weighted by molar-refractivity contribution is 0.259. The van der Waals surface area contributed by atoms with Crippen molar-refractivity contribution in [1.82, 2.24) is 4.90 Å². The fraction of sp³-hybridized carbons (Fsp3) is 1.00. The van der Waals surface area contributed by atoms with Crippen molar-refractivity contribution in [2.75, 3.05) is 26.2 Å². The predicted octanol–water partition coefficient (Wildman–Crippen LogP) is 1.56. The van der Waals surface area contributed by atoms with Gasteiger partial charge >= 0.3 is 0 Å². The molecular weight excluding hydrogens is 184 g/mol. The second-order valence-corrected chi connectivity index (χ2v) is 5.83. The molecule has 3 rings (SSSR count). The van der Waals surface area contributed by atoms with Gasteiger partial charge in [0.25, 0.3) is 0 Å². The Morgan fingerprint density at radius 3 is 2.40 bits per heavy atom. The highest BCUT2D eigenvalue weighted by Gasteiger charge is 2.64. The van der Waals surface area contributed by atoms with E-state index < -0.39 is 0 Å². The molecule has 2 bridgehead atoms. The van der Waals surface area contributed by atoms with Gasteiger partial charge in [-0.25, -0.2) is 0 Å². The van der Waals surface area contributed by atoms with E-state index in [9.17, 15) is 0 Å². The van der Waals surface area contributed by atoms with Crippen molar-refractivity contribution in [2.45, 2.75) is 26.2 Å². The first kappa shape index (κ1) is 10.1. The van der Waals surface area contributed by atoms with Gasteiger partial charge in [0, 0.05) is 19.6 Å². The van der Waals surface area contributed by atoms with Gasteiger partial charge in [-0.2, -0.15) is 0 Å². The van der Waals surface area contributed by atoms with E-state index in [2.05, 4.69) is 11.8 Å². The Morgan fingerprint density at radius 1 is 1.20 bits per heavy atom. The molecule has 2 heteroatoms. The second-order valence-electron chi connectivity index (χ2n) is 5.83. The lowest BCUT2D eigenvalue weighted by Gasteiger charge is -2.21. The molecule has 0 aromatic heterocycles. The van der Waals surface area contributed by atoms with Crippen LogP contribution in [0.25, 0.3) is 0 Å². The van der Waals surface area contributed by atoms with Gasteiger partial charge in [0.05, 0.1) is 0 Å². The molecular formula is C13H24N2. The highest BCUT2D eigenvalue weighted by atomic mass is 15.1. The molecule has 86 valence electrons. The molecule has 3 saturated carbocycles. The molecule has 15 heavy (non-hydrogen) atoms. The van der Waals surface area contributed by atoms with Gasteiger partial charge in [0.15, 0.2) is 0 Å². The number of hydrogen-bond donors (Lipinski definition) is 1. The van der Waals surface area contributed by atoms with Crippen LogP contribution in [0.3, 0.4) is 0 Å². The summed E-state index contributed by atoms with van der Waals surface area (Å²) in [5.41, 5.74) is 5.64. The van der Waals surface area contributed by atoms with E-state index in [0.717, 1.165) is 42.7 Å². The molecule has 0 aromatic rings. The van der Waals surface area contributed by atoms with E-state index in [4.69, 9.17) is 5.73 Å². The minimum absolute atomic E-state index is 0.822. The summed E-state index contributed by atoms with van der Waals surface area (Å²) in [6.07, 6.45) is 4.67. The standard InChI is InChI=1S/C13H24N2/c1-2-15(6-5-14)8-11-12-9-3-4-10(7-9)13(11)12/h9-13H,2-8,14H2,1H3. The van der Waals surface area contributed by atoms with Crippen molar-refractivity contribution in [3.05, 3.63) is 0 Å². The van der Waals surface area contributed by atoms with Crippen molar-refractivity contribution in [2.24, 2.45) is 35.3 Å². The smallest absolute Gasteiger partial charge is 0.0105 e. The molecule has 0 saturated heterocycles. The topological polar surface area (TPSA) is 29.3 Å². The largest absolute Gasteiger partial charge is 0.329 e. The van der Waals surface area contributed by atoms with Gasteiger partial charge in [-0.15, -0.1) is 0 Å². The maximum Gasteiger partial charge on any atom is 0.0105 e. The van der Waals surface area contributed by atoms with Gasteiger partial charge in [-0.1, -0.05) is 6.92 Å². The molecule has 4 atom stereocenters. The average molecular weight is 208 g/mol. The van der Waals surface area contributed by atoms with Crippen LogP contribution >= 0.6 is 0 Å². The van der Waals surface area contributed by atoms with Crippen molar-refractivity contribution < 1.29 is 0 Å². The number of rotatable bonds is 5. The Morgan fingerprint density at radius 2 is 1.87 bits per heavy atom. The van der Waals surface area contributed by atoms with Crippen LogP contribution < -0.4 is 5.73 Å². The summed E-state index contributed by atoms with van der Waals surface area (Å²) in [4.78, 5) is 2.56. The van der Waals surface area contributed by atoms with E-state index in [1.807, 2.05) is 0 Å². The maximum atomic E-state index is 5.64. The normalized spacial score (nSPS) is 46.2. The Balaban J connectivity index is 1.54. The van der Waals surface area contributed by atoms with Crippen molar-refractivity contribution in [1.29, 1.82) is 0 Å². The molecule has 0 amide bonds. The van der Waals surface area contributed by atoms with Crippen molar-refractivity contribution >= 4 is 0 Å². The van der Waals surface area contributed by atoms with Crippen LogP contribution in [0.15, 0.2) is 0 Å². The van der Waals surface area contributed by atoms with Crippen LogP contribution in [0.4, 0.5) is 0 Å². The number of hydrogen-bond acceptors (Lipinski definition) is 2. The van der Waals surface area contributed by atoms with E-state index in [1.165, 1.54) is 13.1 Å². The number of fused-ring (bicyclic) bond motifs is 5. The third-order valence-electron chi connectivity index (χ3n) is 5.26. The molecule has 2 nitrogen and oxygen atoms in total. The zero-order valence-electron chi connectivity index (χ0n) is 9.86. The fourth-order valence-electron chi connectivity index (χ4n) is 4.61. The Bertz CT molecular complexity index is 225. The summed E-state index contributed by atoms with van der Waals surface area (Å²) in [7, 11) is 0. The van der Waals surface area contributed by atoms with Gasteiger partial charge in [0.1, 0.15) is 0 Å². The van der Waals surface area contributed by atoms with Gasteiger partial charge in [0.2, 0.25) is 0 Å². The highest BCUT2D eigenvalue weighted by molar-refractivity contribution is 5.13. The van der Waals surface area contributed by atoms with Gasteiger partial charge < -0.3 is 10.6 Å². The van der Waals surface area contributed by atoms with Crippen LogP contribution in [0.5, 0.6) is 0 Å². The van der Waals surface area contributed by atoms with Crippen molar-refractivity contribution in [3.8, 4) is 0 Å². The number of nitrogens with zero attached hydrogens (tertiary/aromatic N) is 1. The SMILES string of the molecule is CCN(CCN)CC1C2C3CCC(C3)C12. The number of nitrogens with two attached hydrogens (primary N) is 1. The maximum absolute atomic E-state index is 5.64. The van der Waals surface area contributed by atoms with Crippen molar-refractivity contribution in [3.63, 3.8) is 0 Å². The van der Waals surface area contributed by atoms with Crippen LogP contribution in [0, 0.1) is 29.6 Å². The monoisotopic (exact) mass is 208 g/mol. The second kappa shape index (κ2) is 3.74. The van der Waals surface area contributed by atoms with Gasteiger partial charge in [-0.3, -0.25) is 0 Å². The lowest BCUT2D eigenvalue weighted by atomic mass is 10.0. The molecule has 0 aliphatic heterocycles. The minimum atomic E-state index is 0.822. The first-order chi connectivity index (χ1) is 7.35. The molecule has 4 unspecified atom stereocenters. The van der Waals surface area contributed by atoms with Crippen LogP contribution in [0.2, 0.25) is 0 Å². The van der Waals surface area contributed by atoms with Crippen LogP contribution in [-0.4, -0.2) is 31.1 Å². The summed E-state index contributed by atoms with van der Waals surface area (Å²) >= 11 is 0. The molecule has 0 heterocycles. The van der Waals surface area contributed by atoms with E-state index >= 15 is 0 Å². The summed E-state index contributed by atoms with van der Waals surface area (Å²) in [5.74, 6) is 5.58. The lowest BCUT2D eigenvalue weighted by Crippen LogP contribution is -2.32. The van der Waals surface area contributed by atoms with E-state index in [1.54, 1.807) is 19.3 Å². The Kier molecular flexibility index (Phi) is 2.52. The fourth-order valence-corrected chi connectivity index (χ4v) is 4.61. The first-order valence-corrected chi connectivity index (χ1v) is 6.77. The molecule has 3 fully saturated rings. The molecule has 0 radical (unpaired) electrons. The zero-order chi connectivity index (χ0) is 10.4. The van der Waals surface area contributed by atoms with Gasteiger partial charge in [-0.05, 0) is 55.4 Å². The Hall–Kier alpha value is -0.0800. The summed E-state index contributed by atoms with van der Waals surface area (Å²) < 4.78 is 0. The molecule has 3 aliphatic carbocycles. The molecule has 2 N–H and O–H groups in total. The third kappa shape index (κ3) is 1.53. The van der Waals surface area contributed by atoms with Crippen LogP contribution in [-0.2, 0) is 0 Å². The first-order valence-electron chi connectivity index (χ1n) is 6.77. The van der Waals surface area contributed by atoms with E-state index in [0.29, 0.717) is 0 Å². The molecule has 0 aromatic carbocycles. The third-order valence-corrected chi connectivity index (χ3v) is 5.26. The zero-order valence-corrected chi connectivity index (χ0v) is 9.86. The summed E-state index contributed by atoms with van der Waals surface area (Å²) in [6, 6.07) is 0. The molecule has 3 aliphatic rings. The predicted molar refractivity (Wildman–Crippen MR) is 62.5 cm³/mol. The summed E-state index contributed by atoms with van der Waals surface area (Å²) in [6.45, 7) is 6.71. The minimum Gasteiger partial charge on any atom is -0.329 e. The Labute approximate surface area is 93.2 Å². The average Bonchev–Trinajstić information content (AvgIpc) is 2.67. The van der Waals surface area contributed by atoms with E-state index in [-0.39, 0.29) is 0 Å². The quantitative estimate of drug-likeness (QED) is 0.743. The highest BCUT2D eigenvalue weighted by Crippen LogP contribution is 2.69. The molecule has 0 spiro atoms. The number of likely N-dealkylation sites (N-methyl/N-ethyl adjacent to an activating group) is 1.